The number of carboxylic acids is 1. The van der Waals surface area contributed by atoms with E-state index >= 15 is 0 Å². The first kappa shape index (κ1) is 18.3. The third kappa shape index (κ3) is 4.76. The zero-order valence-corrected chi connectivity index (χ0v) is 14.9. The number of allylic oxidation sites excluding steroid dienone is 1. The Balaban J connectivity index is 1.48. The van der Waals surface area contributed by atoms with Crippen molar-refractivity contribution in [3.63, 3.8) is 0 Å². The van der Waals surface area contributed by atoms with Crippen LogP contribution in [0.5, 0.6) is 5.75 Å². The lowest BCUT2D eigenvalue weighted by Crippen LogP contribution is -2.37. The minimum absolute atomic E-state index is 0.0688. The number of epoxide rings is 1. The molecule has 1 aliphatic heterocycles. The van der Waals surface area contributed by atoms with E-state index in [1.165, 1.54) is 0 Å². The molecule has 1 heterocycles. The molecule has 2 fully saturated rings. The highest BCUT2D eigenvalue weighted by atomic mass is 35.5. The normalized spacial score (nSPS) is 25.3. The molecule has 3 atom stereocenters. The van der Waals surface area contributed by atoms with E-state index in [-0.39, 0.29) is 24.2 Å². The van der Waals surface area contributed by atoms with Crippen molar-refractivity contribution < 1.29 is 24.2 Å². The van der Waals surface area contributed by atoms with Crippen LogP contribution < -0.4 is 9.46 Å². The number of hydrogen-bond donors (Lipinski definition) is 2. The van der Waals surface area contributed by atoms with Gasteiger partial charge in [-0.05, 0) is 55.0 Å². The fraction of sp³-hybridized carbons (Fsp3) is 0.412. The molecule has 0 spiro atoms. The summed E-state index contributed by atoms with van der Waals surface area (Å²) < 4.78 is 13.6. The van der Waals surface area contributed by atoms with Gasteiger partial charge in [0.25, 0.3) is 0 Å². The third-order valence-electron chi connectivity index (χ3n) is 4.19. The van der Waals surface area contributed by atoms with Gasteiger partial charge in [-0.1, -0.05) is 23.8 Å². The van der Waals surface area contributed by atoms with Crippen LogP contribution in [0.1, 0.15) is 12.8 Å². The fourth-order valence-corrected chi connectivity index (χ4v) is 3.22. The van der Waals surface area contributed by atoms with Crippen molar-refractivity contribution in [2.45, 2.75) is 24.5 Å². The summed E-state index contributed by atoms with van der Waals surface area (Å²) in [6.07, 6.45) is 1.29. The second kappa shape index (κ2) is 7.37. The lowest BCUT2D eigenvalue weighted by atomic mass is 10.1. The molecule has 1 saturated carbocycles. The first-order chi connectivity index (χ1) is 11.9. The molecule has 1 aromatic rings. The van der Waals surface area contributed by atoms with E-state index in [0.29, 0.717) is 17.2 Å². The van der Waals surface area contributed by atoms with Crippen LogP contribution in [0.2, 0.25) is 5.02 Å². The van der Waals surface area contributed by atoms with E-state index in [4.69, 9.17) is 21.1 Å². The minimum atomic E-state index is -1.02. The average Bonchev–Trinajstić information content (AvgIpc) is 3.49. The lowest BCUT2D eigenvalue weighted by molar-refractivity contribution is -0.139. The summed E-state index contributed by atoms with van der Waals surface area (Å²) in [6.45, 7) is 4.15. The van der Waals surface area contributed by atoms with Crippen LogP contribution in [0.3, 0.4) is 0 Å². The van der Waals surface area contributed by atoms with Gasteiger partial charge in [0, 0.05) is 5.02 Å². The van der Waals surface area contributed by atoms with Crippen LogP contribution in [0, 0.1) is 5.92 Å². The Labute approximate surface area is 154 Å². The van der Waals surface area contributed by atoms with Gasteiger partial charge >= 0.3 is 5.97 Å². The SMILES string of the molecule is C=C1CC1CC(NSC(=O)C1(COc2ccc(Cl)cc2)CO1)C(=O)O. The maximum atomic E-state index is 12.4. The highest BCUT2D eigenvalue weighted by molar-refractivity contribution is 8.12. The largest absolute Gasteiger partial charge is 0.490 e. The monoisotopic (exact) mass is 383 g/mol. The summed E-state index contributed by atoms with van der Waals surface area (Å²) in [5.41, 5.74) is 0.0338. The summed E-state index contributed by atoms with van der Waals surface area (Å²) in [5.74, 6) is -0.174. The van der Waals surface area contributed by atoms with Crippen LogP contribution in [-0.4, -0.2) is 41.0 Å². The molecular weight excluding hydrogens is 366 g/mol. The van der Waals surface area contributed by atoms with Gasteiger partial charge in [-0.3, -0.25) is 9.59 Å². The molecule has 0 amide bonds. The predicted octanol–water partition coefficient (Wildman–Crippen LogP) is 2.67. The summed E-state index contributed by atoms with van der Waals surface area (Å²) >= 11 is 6.58. The van der Waals surface area contributed by atoms with Crippen molar-refractivity contribution in [3.8, 4) is 5.75 Å². The smallest absolute Gasteiger partial charge is 0.321 e. The zero-order valence-electron chi connectivity index (χ0n) is 13.4. The fourth-order valence-electron chi connectivity index (χ4n) is 2.29. The third-order valence-corrected chi connectivity index (χ3v) is 5.40. The number of hydrogen-bond acceptors (Lipinski definition) is 6. The molecule has 25 heavy (non-hydrogen) atoms. The summed E-state index contributed by atoms with van der Waals surface area (Å²) in [5, 5.41) is 9.56. The van der Waals surface area contributed by atoms with Gasteiger partial charge < -0.3 is 14.6 Å². The van der Waals surface area contributed by atoms with E-state index in [9.17, 15) is 14.7 Å². The number of carboxylic acid groups (broad SMARTS) is 1. The Kier molecular flexibility index (Phi) is 5.38. The number of ether oxygens (including phenoxy) is 2. The Morgan fingerprint density at radius 1 is 1.48 bits per heavy atom. The molecule has 134 valence electrons. The number of carbonyl (C=O) groups excluding carboxylic acids is 1. The van der Waals surface area contributed by atoms with Crippen LogP contribution >= 0.6 is 23.5 Å². The van der Waals surface area contributed by atoms with Gasteiger partial charge in [-0.15, -0.1) is 0 Å². The van der Waals surface area contributed by atoms with Crippen LogP contribution in [0.25, 0.3) is 0 Å². The van der Waals surface area contributed by atoms with Gasteiger partial charge in [0.05, 0.1) is 6.61 Å². The molecule has 1 aliphatic carbocycles. The van der Waals surface area contributed by atoms with Gasteiger partial charge in [-0.25, -0.2) is 4.72 Å². The van der Waals surface area contributed by atoms with E-state index in [2.05, 4.69) is 11.3 Å². The van der Waals surface area contributed by atoms with Crippen molar-refractivity contribution in [3.05, 3.63) is 41.4 Å². The second-order valence-corrected chi connectivity index (χ2v) is 7.47. The number of rotatable bonds is 9. The Bertz CT molecular complexity index is 689. The number of benzene rings is 1. The topological polar surface area (TPSA) is 88.2 Å². The molecule has 0 radical (unpaired) electrons. The number of aliphatic carboxylic acids is 1. The van der Waals surface area contributed by atoms with E-state index in [1.54, 1.807) is 24.3 Å². The van der Waals surface area contributed by atoms with Gasteiger partial charge in [0.2, 0.25) is 5.12 Å². The molecule has 2 aliphatic rings. The molecular formula is C17H18ClNO5S. The quantitative estimate of drug-likeness (QED) is 0.385. The number of nitrogens with one attached hydrogen (secondary N) is 1. The van der Waals surface area contributed by atoms with E-state index < -0.39 is 17.6 Å². The standard InChI is InChI=1S/C17H18ClNO5S/c1-10-6-11(10)7-14(15(20)21)19-25-16(22)17(9-24-17)8-23-13-4-2-12(18)3-5-13/h2-5,11,14,19H,1,6-9H2,(H,20,21). The molecule has 1 saturated heterocycles. The first-order valence-electron chi connectivity index (χ1n) is 7.79. The van der Waals surface area contributed by atoms with Gasteiger partial charge in [-0.2, -0.15) is 0 Å². The van der Waals surface area contributed by atoms with Crippen LogP contribution in [0.15, 0.2) is 36.4 Å². The molecule has 6 nitrogen and oxygen atoms in total. The molecule has 0 aromatic heterocycles. The minimum Gasteiger partial charge on any atom is -0.490 e. The summed E-state index contributed by atoms with van der Waals surface area (Å²) in [7, 11) is 0. The lowest BCUT2D eigenvalue weighted by Gasteiger charge is -2.15. The summed E-state index contributed by atoms with van der Waals surface area (Å²) in [4.78, 5) is 23.7. The van der Waals surface area contributed by atoms with Crippen molar-refractivity contribution in [2.75, 3.05) is 13.2 Å². The number of carbonyl (C=O) groups is 2. The maximum Gasteiger partial charge on any atom is 0.321 e. The highest BCUT2D eigenvalue weighted by Gasteiger charge is 2.53. The Hall–Kier alpha value is -1.54. The van der Waals surface area contributed by atoms with Crippen LogP contribution in [-0.2, 0) is 14.3 Å². The molecule has 1 aromatic carbocycles. The maximum absolute atomic E-state index is 12.4. The Morgan fingerprint density at radius 2 is 2.12 bits per heavy atom. The predicted molar refractivity (Wildman–Crippen MR) is 94.7 cm³/mol. The highest BCUT2D eigenvalue weighted by Crippen LogP contribution is 2.40. The van der Waals surface area contributed by atoms with E-state index in [1.807, 2.05) is 0 Å². The average molecular weight is 384 g/mol. The van der Waals surface area contributed by atoms with Gasteiger partial charge in [0.15, 0.2) is 5.60 Å². The van der Waals surface area contributed by atoms with E-state index in [0.717, 1.165) is 23.9 Å². The molecule has 8 heteroatoms. The molecule has 3 unspecified atom stereocenters. The Morgan fingerprint density at radius 3 is 2.64 bits per heavy atom. The van der Waals surface area contributed by atoms with Gasteiger partial charge in [0.1, 0.15) is 18.4 Å². The molecule has 2 N–H and O–H groups in total. The zero-order chi connectivity index (χ0) is 18.0. The molecule has 0 bridgehead atoms. The van der Waals surface area contributed by atoms with Crippen molar-refractivity contribution in [1.82, 2.24) is 4.72 Å². The van der Waals surface area contributed by atoms with Crippen LogP contribution in [0.4, 0.5) is 0 Å². The first-order valence-corrected chi connectivity index (χ1v) is 8.99. The van der Waals surface area contributed by atoms with Crippen molar-refractivity contribution in [2.24, 2.45) is 5.92 Å². The second-order valence-electron chi connectivity index (χ2n) is 6.22. The molecule has 3 rings (SSSR count). The number of halogens is 1. The summed E-state index contributed by atoms with van der Waals surface area (Å²) in [6, 6.07) is 6.00. The van der Waals surface area contributed by atoms with Crippen molar-refractivity contribution in [1.29, 1.82) is 0 Å². The van der Waals surface area contributed by atoms with Crippen molar-refractivity contribution >= 4 is 34.6 Å².